The van der Waals surface area contributed by atoms with Crippen molar-refractivity contribution in [2.45, 2.75) is 6.42 Å². The number of rotatable bonds is 5. The van der Waals surface area contributed by atoms with Gasteiger partial charge in [0, 0.05) is 27.2 Å². The number of allylic oxidation sites excluding steroid dienone is 3. The van der Waals surface area contributed by atoms with Gasteiger partial charge in [-0.2, -0.15) is 0 Å². The van der Waals surface area contributed by atoms with E-state index in [0.29, 0.717) is 0 Å². The quantitative estimate of drug-likeness (QED) is 0.200. The van der Waals surface area contributed by atoms with Crippen LogP contribution in [0.2, 0.25) is 0 Å². The molecule has 0 bridgehead atoms. The van der Waals surface area contributed by atoms with E-state index in [0.717, 1.165) is 19.5 Å². The Morgan fingerprint density at radius 3 is 1.82 bits per heavy atom. The number of nitrogens with zero attached hydrogens (tertiary/aromatic N) is 2. The predicted molar refractivity (Wildman–Crippen MR) is 165 cm³/mol. The van der Waals surface area contributed by atoms with Gasteiger partial charge in [-0.3, -0.25) is 0 Å². The first-order chi connectivity index (χ1) is 18.7. The monoisotopic (exact) mass is 495 g/mol. The normalized spacial score (nSPS) is 13.7. The van der Waals surface area contributed by atoms with Crippen molar-refractivity contribution in [3.8, 4) is 22.3 Å². The molecule has 0 aromatic heterocycles. The zero-order chi connectivity index (χ0) is 26.1. The van der Waals surface area contributed by atoms with Crippen LogP contribution in [0.3, 0.4) is 0 Å². The molecule has 1 aliphatic heterocycles. The van der Waals surface area contributed by atoms with Crippen molar-refractivity contribution in [3.05, 3.63) is 121 Å². The Morgan fingerprint density at radius 1 is 0.632 bits per heavy atom. The molecule has 0 saturated heterocycles. The zero-order valence-electron chi connectivity index (χ0n) is 22.1. The number of fused-ring (bicyclic) bond motifs is 3. The van der Waals surface area contributed by atoms with E-state index in [1.807, 2.05) is 12.2 Å². The molecule has 6 rings (SSSR count). The second kappa shape index (κ2) is 10.1. The van der Waals surface area contributed by atoms with Gasteiger partial charge >= 0.3 is 0 Å². The summed E-state index contributed by atoms with van der Waals surface area (Å²) in [4.78, 5) is 4.70. The number of benzene rings is 5. The van der Waals surface area contributed by atoms with Crippen LogP contribution in [0.5, 0.6) is 0 Å². The Balaban J connectivity index is 1.46. The van der Waals surface area contributed by atoms with Crippen molar-refractivity contribution < 1.29 is 0 Å². The molecule has 38 heavy (non-hydrogen) atoms. The van der Waals surface area contributed by atoms with Crippen LogP contribution in [0.15, 0.2) is 115 Å². The van der Waals surface area contributed by atoms with E-state index in [4.69, 9.17) is 5.73 Å². The second-order valence-corrected chi connectivity index (χ2v) is 10.1. The van der Waals surface area contributed by atoms with Gasteiger partial charge in [0.15, 0.2) is 0 Å². The molecule has 0 aliphatic carbocycles. The van der Waals surface area contributed by atoms with Crippen LogP contribution in [0.4, 0.5) is 11.4 Å². The van der Waals surface area contributed by atoms with E-state index in [-0.39, 0.29) is 0 Å². The van der Waals surface area contributed by atoms with Crippen molar-refractivity contribution in [3.63, 3.8) is 0 Å². The Labute approximate surface area is 225 Å². The lowest BCUT2D eigenvalue weighted by atomic mass is 9.87. The maximum absolute atomic E-state index is 5.53. The first kappa shape index (κ1) is 23.9. The lowest BCUT2D eigenvalue weighted by Crippen LogP contribution is -2.36. The van der Waals surface area contributed by atoms with Gasteiger partial charge in [0.2, 0.25) is 0 Å². The summed E-state index contributed by atoms with van der Waals surface area (Å²) in [6, 6.07) is 33.5. The van der Waals surface area contributed by atoms with Crippen LogP contribution in [-0.4, -0.2) is 27.2 Å². The van der Waals surface area contributed by atoms with Crippen molar-refractivity contribution in [1.82, 2.24) is 0 Å². The summed E-state index contributed by atoms with van der Waals surface area (Å²) < 4.78 is 0. The fourth-order valence-corrected chi connectivity index (χ4v) is 5.78. The molecule has 3 nitrogen and oxygen atoms in total. The molecule has 3 heteroatoms. The molecule has 0 spiro atoms. The fourth-order valence-electron chi connectivity index (χ4n) is 5.78. The van der Waals surface area contributed by atoms with E-state index < -0.39 is 0 Å². The molecule has 1 heterocycles. The Bertz CT molecular complexity index is 1620. The first-order valence-electron chi connectivity index (χ1n) is 13.3. The third-order valence-electron chi connectivity index (χ3n) is 7.80. The van der Waals surface area contributed by atoms with Crippen LogP contribution in [0, 0.1) is 0 Å². The minimum Gasteiger partial charge on any atom is -0.405 e. The average molecular weight is 496 g/mol. The molecule has 5 aromatic rings. The molecule has 0 atom stereocenters. The van der Waals surface area contributed by atoms with Gasteiger partial charge in [-0.05, 0) is 80.2 Å². The van der Waals surface area contributed by atoms with E-state index >= 15 is 0 Å². The van der Waals surface area contributed by atoms with E-state index in [9.17, 15) is 0 Å². The third-order valence-corrected chi connectivity index (χ3v) is 7.80. The molecule has 2 N–H and O–H groups in total. The third kappa shape index (κ3) is 4.20. The largest absolute Gasteiger partial charge is 0.405 e. The minimum absolute atomic E-state index is 0.854. The molecule has 5 aromatic carbocycles. The summed E-state index contributed by atoms with van der Waals surface area (Å²) in [7, 11) is 4.36. The summed E-state index contributed by atoms with van der Waals surface area (Å²) in [6.07, 6.45) is 8.50. The summed E-state index contributed by atoms with van der Waals surface area (Å²) in [6.45, 7) is 2.10. The Hall–Kier alpha value is -4.50. The number of hydrogen-bond acceptors (Lipinski definition) is 3. The molecule has 0 unspecified atom stereocenters. The highest BCUT2D eigenvalue weighted by molar-refractivity contribution is 6.15. The molecular weight excluding hydrogens is 462 g/mol. The van der Waals surface area contributed by atoms with Crippen LogP contribution in [0.25, 0.3) is 43.8 Å². The highest BCUT2D eigenvalue weighted by Gasteiger charge is 2.18. The average Bonchev–Trinajstić information content (AvgIpc) is 2.97. The highest BCUT2D eigenvalue weighted by atomic mass is 15.2. The number of nitrogens with two attached hydrogens (primary N) is 1. The molecule has 0 saturated carbocycles. The van der Waals surface area contributed by atoms with Crippen LogP contribution in [-0.2, 0) is 6.42 Å². The second-order valence-electron chi connectivity index (χ2n) is 10.1. The highest BCUT2D eigenvalue weighted by Crippen LogP contribution is 2.41. The van der Waals surface area contributed by atoms with Gasteiger partial charge in [0.05, 0.1) is 11.4 Å². The van der Waals surface area contributed by atoms with Gasteiger partial charge in [0.25, 0.3) is 0 Å². The van der Waals surface area contributed by atoms with E-state index in [2.05, 4.69) is 121 Å². The SMILES string of the molecule is CN1CCN(C)c2cc(-c3ccc(-c4c5ccccc5c(C/C=C\C=C/N)c5ccccc45)cc3)ccc21. The lowest BCUT2D eigenvalue weighted by Gasteiger charge is -2.35. The summed E-state index contributed by atoms with van der Waals surface area (Å²) in [5.74, 6) is 0. The molecule has 1 aliphatic rings. The van der Waals surface area contributed by atoms with E-state index in [1.165, 1.54) is 60.7 Å². The maximum atomic E-state index is 5.53. The summed E-state index contributed by atoms with van der Waals surface area (Å²) in [5.41, 5.74) is 14.5. The summed E-state index contributed by atoms with van der Waals surface area (Å²) >= 11 is 0. The topological polar surface area (TPSA) is 32.5 Å². The maximum Gasteiger partial charge on any atom is 0.0608 e. The number of likely N-dealkylation sites (N-methyl/N-ethyl adjacent to an activating group) is 2. The van der Waals surface area contributed by atoms with Crippen molar-refractivity contribution >= 4 is 32.9 Å². The molecule has 0 amide bonds. The van der Waals surface area contributed by atoms with Crippen molar-refractivity contribution in [2.75, 3.05) is 37.0 Å². The van der Waals surface area contributed by atoms with Gasteiger partial charge < -0.3 is 15.5 Å². The molecule has 188 valence electrons. The molecular formula is C35H33N3. The smallest absolute Gasteiger partial charge is 0.0608 e. The number of hydrogen-bond donors (Lipinski definition) is 1. The van der Waals surface area contributed by atoms with Crippen molar-refractivity contribution in [2.24, 2.45) is 5.73 Å². The number of anilines is 2. The fraction of sp³-hybridized carbons (Fsp3) is 0.143. The molecule has 0 radical (unpaired) electrons. The standard InChI is InChI=1S/C35H33N3/c1-37-22-23-38(2)34-24-27(19-20-33(34)37)25-15-17-26(18-16-25)35-31-13-7-5-11-29(31)28(10-4-3-9-21-36)30-12-6-8-14-32(30)35/h3-9,11-21,24H,10,22-23,36H2,1-2H3/b4-3-,21-9-. The van der Waals surface area contributed by atoms with Crippen LogP contribution in [0.1, 0.15) is 5.56 Å². The van der Waals surface area contributed by atoms with Crippen molar-refractivity contribution in [1.29, 1.82) is 0 Å². The van der Waals surface area contributed by atoms with Gasteiger partial charge in [-0.15, -0.1) is 0 Å². The van der Waals surface area contributed by atoms with Gasteiger partial charge in [0.1, 0.15) is 0 Å². The lowest BCUT2D eigenvalue weighted by molar-refractivity contribution is 0.798. The molecule has 0 fully saturated rings. The first-order valence-corrected chi connectivity index (χ1v) is 13.3. The predicted octanol–water partition coefficient (Wildman–Crippen LogP) is 7.78. The zero-order valence-corrected chi connectivity index (χ0v) is 22.1. The van der Waals surface area contributed by atoms with E-state index in [1.54, 1.807) is 6.20 Å². The Kier molecular flexibility index (Phi) is 6.35. The van der Waals surface area contributed by atoms with Gasteiger partial charge in [-0.25, -0.2) is 0 Å². The summed E-state index contributed by atoms with van der Waals surface area (Å²) in [5, 5.41) is 5.17. The Morgan fingerprint density at radius 2 is 1.18 bits per heavy atom. The van der Waals surface area contributed by atoms with Crippen LogP contribution < -0.4 is 15.5 Å². The van der Waals surface area contributed by atoms with Gasteiger partial charge in [-0.1, -0.05) is 91.0 Å². The minimum atomic E-state index is 0.854. The van der Waals surface area contributed by atoms with Crippen LogP contribution >= 0.6 is 0 Å².